The molecule has 2 aliphatic rings. The average molecular weight is 357 g/mol. The van der Waals surface area contributed by atoms with E-state index in [9.17, 15) is 4.39 Å². The highest BCUT2D eigenvalue weighted by Gasteiger charge is 2.38. The molecule has 3 unspecified atom stereocenters. The van der Waals surface area contributed by atoms with Gasteiger partial charge < -0.3 is 10.5 Å². The maximum atomic E-state index is 14.3. The second-order valence-electron chi connectivity index (χ2n) is 5.92. The molecule has 1 heterocycles. The van der Waals surface area contributed by atoms with E-state index in [0.29, 0.717) is 24.3 Å². The Morgan fingerprint density at radius 1 is 1.38 bits per heavy atom. The van der Waals surface area contributed by atoms with Crippen LogP contribution in [0.25, 0.3) is 0 Å². The lowest BCUT2D eigenvalue weighted by molar-refractivity contribution is -0.102. The normalized spacial score (nSPS) is 28.1. The van der Waals surface area contributed by atoms with E-state index in [1.54, 1.807) is 0 Å². The van der Waals surface area contributed by atoms with Gasteiger partial charge in [-0.2, -0.15) is 0 Å². The zero-order valence-corrected chi connectivity index (χ0v) is 13.7. The van der Waals surface area contributed by atoms with Crippen LogP contribution in [0.2, 0.25) is 0 Å². The van der Waals surface area contributed by atoms with E-state index in [0.717, 1.165) is 30.5 Å². The predicted octanol–water partition coefficient (Wildman–Crippen LogP) is 3.23. The zero-order valence-electron chi connectivity index (χ0n) is 12.1. The second-order valence-corrected chi connectivity index (χ2v) is 6.83. The van der Waals surface area contributed by atoms with Gasteiger partial charge in [0.2, 0.25) is 0 Å². The molecule has 2 N–H and O–H groups in total. The molecule has 0 amide bonds. The fourth-order valence-corrected chi connectivity index (χ4v) is 4.06. The first-order chi connectivity index (χ1) is 10.2. The number of morpholine rings is 1. The lowest BCUT2D eigenvalue weighted by atomic mass is 9.88. The average Bonchev–Trinajstić information content (AvgIpc) is 2.50. The molecule has 5 heteroatoms. The van der Waals surface area contributed by atoms with Gasteiger partial charge in [-0.1, -0.05) is 34.8 Å². The molecular weight excluding hydrogens is 335 g/mol. The van der Waals surface area contributed by atoms with Gasteiger partial charge in [0, 0.05) is 29.2 Å². The van der Waals surface area contributed by atoms with Crippen molar-refractivity contribution in [1.82, 2.24) is 4.90 Å². The fourth-order valence-electron chi connectivity index (χ4n) is 3.73. The minimum absolute atomic E-state index is 0.0624. The molecular formula is C16H22BrFN2O. The minimum Gasteiger partial charge on any atom is -0.375 e. The molecule has 1 saturated carbocycles. The van der Waals surface area contributed by atoms with Crippen molar-refractivity contribution >= 4 is 15.9 Å². The first-order valence-electron chi connectivity index (χ1n) is 7.73. The number of hydrogen-bond donors (Lipinski definition) is 1. The van der Waals surface area contributed by atoms with Gasteiger partial charge in [0.05, 0.1) is 18.8 Å². The highest BCUT2D eigenvalue weighted by atomic mass is 79.9. The van der Waals surface area contributed by atoms with Gasteiger partial charge >= 0.3 is 0 Å². The topological polar surface area (TPSA) is 38.5 Å². The number of hydrogen-bond acceptors (Lipinski definition) is 3. The Balaban J connectivity index is 1.87. The molecule has 3 nitrogen and oxygen atoms in total. The summed E-state index contributed by atoms with van der Waals surface area (Å²) in [6.07, 6.45) is 4.98. The van der Waals surface area contributed by atoms with Crippen molar-refractivity contribution in [2.24, 2.45) is 5.73 Å². The largest absolute Gasteiger partial charge is 0.375 e. The SMILES string of the molecule is NCC(c1ccc(Br)cc1F)N1CCOC2CCCCC21. The Labute approximate surface area is 133 Å². The van der Waals surface area contributed by atoms with Crippen LogP contribution in [0.3, 0.4) is 0 Å². The molecule has 3 atom stereocenters. The summed E-state index contributed by atoms with van der Waals surface area (Å²) >= 11 is 3.31. The summed E-state index contributed by atoms with van der Waals surface area (Å²) in [5.41, 5.74) is 6.70. The third kappa shape index (κ3) is 3.16. The maximum Gasteiger partial charge on any atom is 0.129 e. The molecule has 21 heavy (non-hydrogen) atoms. The van der Waals surface area contributed by atoms with Crippen LogP contribution in [0.15, 0.2) is 22.7 Å². The maximum absolute atomic E-state index is 14.3. The van der Waals surface area contributed by atoms with E-state index in [4.69, 9.17) is 10.5 Å². The number of benzene rings is 1. The number of fused-ring (bicyclic) bond motifs is 1. The molecule has 1 aliphatic carbocycles. The number of ether oxygens (including phenoxy) is 1. The van der Waals surface area contributed by atoms with E-state index < -0.39 is 0 Å². The quantitative estimate of drug-likeness (QED) is 0.903. The van der Waals surface area contributed by atoms with Gasteiger partial charge in [0.15, 0.2) is 0 Å². The van der Waals surface area contributed by atoms with Crippen LogP contribution < -0.4 is 5.73 Å². The Hall–Kier alpha value is -0.490. The molecule has 3 rings (SSSR count). The highest BCUT2D eigenvalue weighted by molar-refractivity contribution is 9.10. The highest BCUT2D eigenvalue weighted by Crippen LogP contribution is 2.35. The summed E-state index contributed by atoms with van der Waals surface area (Å²) in [7, 11) is 0. The smallest absolute Gasteiger partial charge is 0.129 e. The first kappa shape index (κ1) is 15.4. The molecule has 1 saturated heterocycles. The van der Waals surface area contributed by atoms with Gasteiger partial charge in [-0.25, -0.2) is 4.39 Å². The fraction of sp³-hybridized carbons (Fsp3) is 0.625. The summed E-state index contributed by atoms with van der Waals surface area (Å²) in [6, 6.07) is 5.58. The third-order valence-electron chi connectivity index (χ3n) is 4.72. The van der Waals surface area contributed by atoms with E-state index in [1.807, 2.05) is 12.1 Å². The van der Waals surface area contributed by atoms with Crippen LogP contribution in [-0.4, -0.2) is 36.7 Å². The van der Waals surface area contributed by atoms with Crippen molar-refractivity contribution in [2.45, 2.75) is 43.9 Å². The van der Waals surface area contributed by atoms with Gasteiger partial charge in [-0.15, -0.1) is 0 Å². The van der Waals surface area contributed by atoms with Gasteiger partial charge in [-0.3, -0.25) is 4.90 Å². The zero-order chi connectivity index (χ0) is 14.8. The Morgan fingerprint density at radius 3 is 2.95 bits per heavy atom. The standard InChI is InChI=1S/C16H22BrFN2O/c17-11-5-6-12(13(18)9-11)15(10-19)20-7-8-21-16-4-2-1-3-14(16)20/h5-6,9,14-16H,1-4,7-8,10,19H2. The second kappa shape index (κ2) is 6.73. The number of halogens is 2. The van der Waals surface area contributed by atoms with Crippen LogP contribution in [0, 0.1) is 5.82 Å². The molecule has 1 aromatic carbocycles. The van der Waals surface area contributed by atoms with Crippen LogP contribution in [-0.2, 0) is 4.74 Å². The third-order valence-corrected chi connectivity index (χ3v) is 5.21. The van der Waals surface area contributed by atoms with E-state index in [1.165, 1.54) is 18.9 Å². The van der Waals surface area contributed by atoms with Crippen LogP contribution >= 0.6 is 15.9 Å². The lowest BCUT2D eigenvalue weighted by Gasteiger charge is -2.47. The molecule has 116 valence electrons. The molecule has 0 bridgehead atoms. The van der Waals surface area contributed by atoms with Crippen molar-refractivity contribution in [3.63, 3.8) is 0 Å². The van der Waals surface area contributed by atoms with E-state index >= 15 is 0 Å². The van der Waals surface area contributed by atoms with Crippen molar-refractivity contribution in [3.05, 3.63) is 34.1 Å². The summed E-state index contributed by atoms with van der Waals surface area (Å²) < 4.78 is 21.0. The molecule has 0 radical (unpaired) electrons. The van der Waals surface area contributed by atoms with Gasteiger partial charge in [0.1, 0.15) is 5.82 Å². The lowest BCUT2D eigenvalue weighted by Crippen LogP contribution is -2.55. The summed E-state index contributed by atoms with van der Waals surface area (Å²) in [5.74, 6) is -0.182. The first-order valence-corrected chi connectivity index (χ1v) is 8.52. The Kier molecular flexibility index (Phi) is 4.94. The van der Waals surface area contributed by atoms with Gasteiger partial charge in [0.25, 0.3) is 0 Å². The van der Waals surface area contributed by atoms with Crippen LogP contribution in [0.5, 0.6) is 0 Å². The number of rotatable bonds is 3. The predicted molar refractivity (Wildman–Crippen MR) is 84.6 cm³/mol. The molecule has 1 aromatic rings. The van der Waals surface area contributed by atoms with E-state index in [2.05, 4.69) is 20.8 Å². The van der Waals surface area contributed by atoms with Gasteiger partial charge in [-0.05, 0) is 25.0 Å². The number of nitrogens with two attached hydrogens (primary N) is 1. The summed E-state index contributed by atoms with van der Waals surface area (Å²) in [6.45, 7) is 1.98. The molecule has 0 aromatic heterocycles. The monoisotopic (exact) mass is 356 g/mol. The molecule has 0 spiro atoms. The van der Waals surface area contributed by atoms with E-state index in [-0.39, 0.29) is 11.9 Å². The summed E-state index contributed by atoms with van der Waals surface area (Å²) in [4.78, 5) is 2.37. The number of nitrogens with zero attached hydrogens (tertiary/aromatic N) is 1. The van der Waals surface area contributed by atoms with Crippen molar-refractivity contribution < 1.29 is 9.13 Å². The van der Waals surface area contributed by atoms with Crippen molar-refractivity contribution in [3.8, 4) is 0 Å². The molecule has 2 fully saturated rings. The Bertz CT molecular complexity index is 497. The summed E-state index contributed by atoms with van der Waals surface area (Å²) in [5, 5.41) is 0. The Morgan fingerprint density at radius 2 is 2.19 bits per heavy atom. The van der Waals surface area contributed by atoms with Crippen LogP contribution in [0.1, 0.15) is 37.3 Å². The molecule has 1 aliphatic heterocycles. The minimum atomic E-state index is -0.182. The van der Waals surface area contributed by atoms with Crippen molar-refractivity contribution in [1.29, 1.82) is 0 Å². The van der Waals surface area contributed by atoms with Crippen molar-refractivity contribution in [2.75, 3.05) is 19.7 Å². The van der Waals surface area contributed by atoms with Crippen LogP contribution in [0.4, 0.5) is 4.39 Å².